The topological polar surface area (TPSA) is 57.2 Å². The van der Waals surface area contributed by atoms with Gasteiger partial charge in [-0.3, -0.25) is 0 Å². The average Bonchev–Trinajstić information content (AvgIpc) is 2.67. The Bertz CT molecular complexity index is 243. The molecule has 2 fully saturated rings. The normalized spacial score (nSPS) is 41.2. The molecule has 5 heteroatoms. The summed E-state index contributed by atoms with van der Waals surface area (Å²) in [5.41, 5.74) is 0. The van der Waals surface area contributed by atoms with Gasteiger partial charge < -0.3 is 24.1 Å². The summed E-state index contributed by atoms with van der Waals surface area (Å²) in [5.74, 6) is -0.635. The quantitative estimate of drug-likeness (QED) is 0.771. The van der Waals surface area contributed by atoms with Crippen molar-refractivity contribution in [1.29, 1.82) is 0 Å². The Balaban J connectivity index is 2.02. The van der Waals surface area contributed by atoms with E-state index >= 15 is 0 Å². The van der Waals surface area contributed by atoms with Gasteiger partial charge in [-0.15, -0.1) is 0 Å². The van der Waals surface area contributed by atoms with Crippen LogP contribution < -0.4 is 0 Å². The molecule has 2 heterocycles. The van der Waals surface area contributed by atoms with E-state index in [-0.39, 0.29) is 24.9 Å². The summed E-state index contributed by atoms with van der Waals surface area (Å²) in [6.45, 7) is 6.29. The summed E-state index contributed by atoms with van der Waals surface area (Å²) in [7, 11) is 0. The molecule has 0 radical (unpaired) electrons. The van der Waals surface area contributed by atoms with Gasteiger partial charge in [-0.25, -0.2) is 0 Å². The van der Waals surface area contributed by atoms with Crippen LogP contribution in [-0.4, -0.2) is 48.7 Å². The molecule has 2 aliphatic heterocycles. The summed E-state index contributed by atoms with van der Waals surface area (Å²) in [4.78, 5) is 0. The maximum atomic E-state index is 9.20. The van der Waals surface area contributed by atoms with Crippen LogP contribution in [0.1, 0.15) is 27.2 Å². The van der Waals surface area contributed by atoms with E-state index < -0.39 is 12.1 Å². The smallest absolute Gasteiger partial charge is 0.190 e. The van der Waals surface area contributed by atoms with E-state index in [9.17, 15) is 5.11 Å². The monoisotopic (exact) mass is 232 g/mol. The van der Waals surface area contributed by atoms with E-state index in [0.29, 0.717) is 6.61 Å². The summed E-state index contributed by atoms with van der Waals surface area (Å²) in [6, 6.07) is 0. The molecule has 0 aromatic rings. The summed E-state index contributed by atoms with van der Waals surface area (Å²) in [6.07, 6.45) is -0.321. The molecule has 0 aromatic heterocycles. The summed E-state index contributed by atoms with van der Waals surface area (Å²) >= 11 is 0. The Labute approximate surface area is 95.6 Å². The number of aliphatic hydroxyl groups is 1. The Hall–Kier alpha value is -0.200. The molecule has 0 aliphatic carbocycles. The fourth-order valence-corrected chi connectivity index (χ4v) is 2.15. The van der Waals surface area contributed by atoms with Gasteiger partial charge in [0.2, 0.25) is 0 Å². The van der Waals surface area contributed by atoms with Crippen molar-refractivity contribution in [2.75, 3.05) is 13.2 Å². The maximum Gasteiger partial charge on any atom is 0.190 e. The zero-order chi connectivity index (χ0) is 11.8. The number of hydrogen-bond donors (Lipinski definition) is 1. The minimum atomic E-state index is -0.635. The Morgan fingerprint density at radius 1 is 1.31 bits per heavy atom. The average molecular weight is 232 g/mol. The molecule has 94 valence electrons. The van der Waals surface area contributed by atoms with E-state index in [4.69, 9.17) is 18.9 Å². The lowest BCUT2D eigenvalue weighted by Crippen LogP contribution is -2.38. The summed E-state index contributed by atoms with van der Waals surface area (Å²) < 4.78 is 22.5. The van der Waals surface area contributed by atoms with E-state index in [1.807, 2.05) is 20.8 Å². The minimum absolute atomic E-state index is 0.0749. The van der Waals surface area contributed by atoms with Crippen LogP contribution in [0.25, 0.3) is 0 Å². The van der Waals surface area contributed by atoms with Crippen LogP contribution >= 0.6 is 0 Å². The van der Waals surface area contributed by atoms with Crippen molar-refractivity contribution >= 4 is 0 Å². The molecule has 5 nitrogen and oxygen atoms in total. The van der Waals surface area contributed by atoms with Gasteiger partial charge in [0.15, 0.2) is 12.1 Å². The minimum Gasteiger partial charge on any atom is -0.394 e. The first-order chi connectivity index (χ1) is 7.57. The molecule has 1 N–H and O–H groups in total. The molecule has 0 unspecified atom stereocenters. The second-order valence-electron chi connectivity index (χ2n) is 4.66. The van der Waals surface area contributed by atoms with E-state index in [1.165, 1.54) is 0 Å². The number of hydrogen-bond acceptors (Lipinski definition) is 5. The van der Waals surface area contributed by atoms with Crippen molar-refractivity contribution in [3.63, 3.8) is 0 Å². The third-order valence-electron chi connectivity index (χ3n) is 2.78. The molecule has 2 saturated heterocycles. The Morgan fingerprint density at radius 2 is 2.06 bits per heavy atom. The highest BCUT2D eigenvalue weighted by molar-refractivity contribution is 4.93. The zero-order valence-electron chi connectivity index (χ0n) is 10.0. The van der Waals surface area contributed by atoms with Gasteiger partial charge in [0.1, 0.15) is 18.3 Å². The van der Waals surface area contributed by atoms with Crippen molar-refractivity contribution in [2.24, 2.45) is 0 Å². The maximum absolute atomic E-state index is 9.20. The molecule has 4 atom stereocenters. The van der Waals surface area contributed by atoms with Gasteiger partial charge >= 0.3 is 0 Å². The van der Waals surface area contributed by atoms with Crippen LogP contribution in [0.5, 0.6) is 0 Å². The molecule has 2 aliphatic rings. The number of ether oxygens (including phenoxy) is 4. The van der Waals surface area contributed by atoms with Gasteiger partial charge in [0.05, 0.1) is 6.61 Å². The molecule has 0 spiro atoms. The van der Waals surface area contributed by atoms with Crippen molar-refractivity contribution in [3.05, 3.63) is 0 Å². The van der Waals surface area contributed by atoms with Crippen molar-refractivity contribution in [2.45, 2.75) is 57.6 Å². The fraction of sp³-hybridized carbons (Fsp3) is 1.00. The third-order valence-corrected chi connectivity index (χ3v) is 2.78. The second kappa shape index (κ2) is 4.58. The molecule has 2 rings (SSSR count). The van der Waals surface area contributed by atoms with Crippen LogP contribution in [0.4, 0.5) is 0 Å². The lowest BCUT2D eigenvalue weighted by atomic mass is 10.1. The molecular formula is C11H20O5. The number of aliphatic hydroxyl groups excluding tert-OH is 1. The zero-order valence-corrected chi connectivity index (χ0v) is 10.0. The summed E-state index contributed by atoms with van der Waals surface area (Å²) in [5, 5.41) is 9.20. The van der Waals surface area contributed by atoms with E-state index in [1.54, 1.807) is 0 Å². The molecule has 16 heavy (non-hydrogen) atoms. The first-order valence-electron chi connectivity index (χ1n) is 5.81. The van der Waals surface area contributed by atoms with Crippen molar-refractivity contribution < 1.29 is 24.1 Å². The standard InChI is InChI=1S/C11H20O5/c1-4-5-13-8-7(6-12)14-10-9(8)15-11(2,3)16-10/h7-10,12H,4-6H2,1-3H3/t7-,8+,9-,10-/m1/s1. The van der Waals surface area contributed by atoms with E-state index in [2.05, 4.69) is 0 Å². The molecule has 0 bridgehead atoms. The second-order valence-corrected chi connectivity index (χ2v) is 4.66. The Morgan fingerprint density at radius 3 is 2.69 bits per heavy atom. The van der Waals surface area contributed by atoms with Gasteiger partial charge in [-0.1, -0.05) is 6.92 Å². The van der Waals surface area contributed by atoms with Crippen molar-refractivity contribution in [3.8, 4) is 0 Å². The first-order valence-corrected chi connectivity index (χ1v) is 5.81. The lowest BCUT2D eigenvalue weighted by Gasteiger charge is -2.24. The Kier molecular flexibility index (Phi) is 3.51. The van der Waals surface area contributed by atoms with Crippen LogP contribution in [-0.2, 0) is 18.9 Å². The number of fused-ring (bicyclic) bond motifs is 1. The molecule has 0 saturated carbocycles. The SMILES string of the molecule is CCCO[C@@H]1[C@H]2OC(C)(C)O[C@H]2O[C@@H]1CO. The molecule has 0 aromatic carbocycles. The molecular weight excluding hydrogens is 212 g/mol. The van der Waals surface area contributed by atoms with Crippen LogP contribution in [0.15, 0.2) is 0 Å². The highest BCUT2D eigenvalue weighted by Crippen LogP contribution is 2.38. The van der Waals surface area contributed by atoms with Crippen LogP contribution in [0.2, 0.25) is 0 Å². The highest BCUT2D eigenvalue weighted by Gasteiger charge is 2.55. The largest absolute Gasteiger partial charge is 0.394 e. The predicted octanol–water partition coefficient (Wildman–Crippen LogP) is 0.650. The van der Waals surface area contributed by atoms with Crippen LogP contribution in [0, 0.1) is 0 Å². The predicted molar refractivity (Wildman–Crippen MR) is 55.8 cm³/mol. The van der Waals surface area contributed by atoms with Gasteiger partial charge in [0.25, 0.3) is 0 Å². The van der Waals surface area contributed by atoms with Gasteiger partial charge in [0, 0.05) is 6.61 Å². The number of rotatable bonds is 4. The molecule has 0 amide bonds. The fourth-order valence-electron chi connectivity index (χ4n) is 2.15. The lowest BCUT2D eigenvalue weighted by molar-refractivity contribution is -0.221. The third kappa shape index (κ3) is 2.24. The first kappa shape index (κ1) is 12.3. The van der Waals surface area contributed by atoms with Crippen LogP contribution in [0.3, 0.4) is 0 Å². The van der Waals surface area contributed by atoms with Gasteiger partial charge in [-0.05, 0) is 20.3 Å². The van der Waals surface area contributed by atoms with Gasteiger partial charge in [-0.2, -0.15) is 0 Å². The highest BCUT2D eigenvalue weighted by atomic mass is 16.8. The van der Waals surface area contributed by atoms with Crippen molar-refractivity contribution in [1.82, 2.24) is 0 Å². The van der Waals surface area contributed by atoms with E-state index in [0.717, 1.165) is 6.42 Å².